The molecule has 0 fully saturated rings. The number of nitrogens with one attached hydrogen (secondary N) is 3. The van der Waals surface area contributed by atoms with E-state index in [1.807, 2.05) is 31.2 Å². The molecule has 0 saturated carbocycles. The van der Waals surface area contributed by atoms with E-state index in [4.69, 9.17) is 5.73 Å². The van der Waals surface area contributed by atoms with Gasteiger partial charge in [0, 0.05) is 27.7 Å². The number of H-pyrrole nitrogens is 3. The molecular weight excluding hydrogens is 240 g/mol. The van der Waals surface area contributed by atoms with Crippen LogP contribution < -0.4 is 11.3 Å². The Hall–Kier alpha value is -2.27. The van der Waals surface area contributed by atoms with Gasteiger partial charge >= 0.3 is 0 Å². The van der Waals surface area contributed by atoms with Crippen molar-refractivity contribution in [3.63, 3.8) is 0 Å². The molecule has 1 aromatic carbocycles. The van der Waals surface area contributed by atoms with Gasteiger partial charge in [0.1, 0.15) is 0 Å². The van der Waals surface area contributed by atoms with Crippen molar-refractivity contribution in [3.05, 3.63) is 45.9 Å². The average Bonchev–Trinajstić information content (AvgIpc) is 2.91. The van der Waals surface area contributed by atoms with Crippen molar-refractivity contribution in [2.45, 2.75) is 13.3 Å². The zero-order valence-electron chi connectivity index (χ0n) is 10.7. The van der Waals surface area contributed by atoms with E-state index in [2.05, 4.69) is 15.2 Å². The van der Waals surface area contributed by atoms with Gasteiger partial charge in [0.25, 0.3) is 5.56 Å². The predicted octanol–water partition coefficient (Wildman–Crippen LogP) is 1.66. The van der Waals surface area contributed by atoms with E-state index in [1.54, 1.807) is 0 Å². The van der Waals surface area contributed by atoms with E-state index in [0.717, 1.165) is 33.4 Å². The molecule has 2 heterocycles. The maximum absolute atomic E-state index is 11.8. The molecule has 3 aromatic rings. The second kappa shape index (κ2) is 4.44. The smallest absolute Gasteiger partial charge is 0.267 e. The van der Waals surface area contributed by atoms with Crippen LogP contribution in [0.2, 0.25) is 0 Å². The molecule has 5 nitrogen and oxygen atoms in total. The Morgan fingerprint density at radius 1 is 1.21 bits per heavy atom. The van der Waals surface area contributed by atoms with Gasteiger partial charge in [-0.2, -0.15) is 0 Å². The van der Waals surface area contributed by atoms with Crippen molar-refractivity contribution in [2.24, 2.45) is 5.73 Å². The summed E-state index contributed by atoms with van der Waals surface area (Å²) in [5.74, 6) is 0. The summed E-state index contributed by atoms with van der Waals surface area (Å²) in [5.41, 5.74) is 10.2. The zero-order chi connectivity index (χ0) is 13.4. The van der Waals surface area contributed by atoms with Crippen LogP contribution in [0.25, 0.3) is 22.2 Å². The molecule has 19 heavy (non-hydrogen) atoms. The molecule has 0 saturated heterocycles. The Kier molecular flexibility index (Phi) is 2.76. The fourth-order valence-electron chi connectivity index (χ4n) is 2.58. The molecule has 0 spiro atoms. The van der Waals surface area contributed by atoms with E-state index in [0.29, 0.717) is 13.0 Å². The SMILES string of the molecule is Cc1[nH]c2ccccc2c1-c1[nH][nH]c(=O)c1CCN. The van der Waals surface area contributed by atoms with Gasteiger partial charge in [0.15, 0.2) is 0 Å². The van der Waals surface area contributed by atoms with Crippen molar-refractivity contribution in [1.82, 2.24) is 15.2 Å². The molecule has 5 N–H and O–H groups in total. The summed E-state index contributed by atoms with van der Waals surface area (Å²) in [6.45, 7) is 2.46. The maximum Gasteiger partial charge on any atom is 0.267 e. The summed E-state index contributed by atoms with van der Waals surface area (Å²) in [4.78, 5) is 15.2. The maximum atomic E-state index is 11.8. The lowest BCUT2D eigenvalue weighted by atomic mass is 10.0. The van der Waals surface area contributed by atoms with E-state index in [1.165, 1.54) is 0 Å². The molecule has 0 amide bonds. The number of aryl methyl sites for hydroxylation is 1. The van der Waals surface area contributed by atoms with Crippen LogP contribution in [-0.4, -0.2) is 21.7 Å². The van der Waals surface area contributed by atoms with Crippen molar-refractivity contribution >= 4 is 10.9 Å². The van der Waals surface area contributed by atoms with E-state index >= 15 is 0 Å². The number of hydrogen-bond donors (Lipinski definition) is 4. The largest absolute Gasteiger partial charge is 0.358 e. The number of aromatic nitrogens is 3. The molecule has 0 atom stereocenters. The normalized spacial score (nSPS) is 11.3. The van der Waals surface area contributed by atoms with Crippen molar-refractivity contribution in [2.75, 3.05) is 6.54 Å². The van der Waals surface area contributed by atoms with Gasteiger partial charge in [0.05, 0.1) is 5.69 Å². The Morgan fingerprint density at radius 2 is 2.00 bits per heavy atom. The first kappa shape index (κ1) is 11.8. The molecule has 0 bridgehead atoms. The van der Waals surface area contributed by atoms with Crippen LogP contribution in [0.3, 0.4) is 0 Å². The molecule has 5 heteroatoms. The molecule has 3 rings (SSSR count). The van der Waals surface area contributed by atoms with Crippen LogP contribution in [0.1, 0.15) is 11.3 Å². The predicted molar refractivity (Wildman–Crippen MR) is 76.2 cm³/mol. The van der Waals surface area contributed by atoms with Crippen LogP contribution in [0.15, 0.2) is 29.1 Å². The number of nitrogens with two attached hydrogens (primary N) is 1. The van der Waals surface area contributed by atoms with Gasteiger partial charge in [-0.25, -0.2) is 0 Å². The fraction of sp³-hybridized carbons (Fsp3) is 0.214. The second-order valence-corrected chi connectivity index (χ2v) is 4.64. The molecule has 2 aromatic heterocycles. The Labute approximate surface area is 109 Å². The number of benzene rings is 1. The first-order valence-corrected chi connectivity index (χ1v) is 6.29. The van der Waals surface area contributed by atoms with Crippen molar-refractivity contribution < 1.29 is 0 Å². The van der Waals surface area contributed by atoms with Crippen LogP contribution in [0.5, 0.6) is 0 Å². The quantitative estimate of drug-likeness (QED) is 0.574. The minimum absolute atomic E-state index is 0.0925. The monoisotopic (exact) mass is 256 g/mol. The van der Waals surface area contributed by atoms with E-state index in [9.17, 15) is 4.79 Å². The number of rotatable bonds is 3. The highest BCUT2D eigenvalue weighted by Crippen LogP contribution is 2.31. The lowest BCUT2D eigenvalue weighted by molar-refractivity contribution is 0.960. The molecule has 0 radical (unpaired) electrons. The fourth-order valence-corrected chi connectivity index (χ4v) is 2.58. The van der Waals surface area contributed by atoms with Gasteiger partial charge in [0.2, 0.25) is 0 Å². The molecule has 0 aliphatic heterocycles. The summed E-state index contributed by atoms with van der Waals surface area (Å²) in [6, 6.07) is 8.06. The Morgan fingerprint density at radius 3 is 2.79 bits per heavy atom. The summed E-state index contributed by atoms with van der Waals surface area (Å²) < 4.78 is 0. The number of aromatic amines is 3. The van der Waals surface area contributed by atoms with Gasteiger partial charge < -0.3 is 10.7 Å². The van der Waals surface area contributed by atoms with Gasteiger partial charge in [-0.1, -0.05) is 18.2 Å². The third-order valence-electron chi connectivity index (χ3n) is 3.41. The molecule has 98 valence electrons. The van der Waals surface area contributed by atoms with Crippen LogP contribution >= 0.6 is 0 Å². The third-order valence-corrected chi connectivity index (χ3v) is 3.41. The number of fused-ring (bicyclic) bond motifs is 1. The minimum Gasteiger partial charge on any atom is -0.358 e. The topological polar surface area (TPSA) is 90.5 Å². The highest BCUT2D eigenvalue weighted by molar-refractivity contribution is 5.97. The van der Waals surface area contributed by atoms with Crippen LogP contribution in [0, 0.1) is 6.92 Å². The lowest BCUT2D eigenvalue weighted by Crippen LogP contribution is -2.12. The van der Waals surface area contributed by atoms with E-state index in [-0.39, 0.29) is 5.56 Å². The van der Waals surface area contributed by atoms with Gasteiger partial charge in [-0.05, 0) is 26.0 Å². The number of para-hydroxylation sites is 1. The highest BCUT2D eigenvalue weighted by Gasteiger charge is 2.17. The average molecular weight is 256 g/mol. The molecule has 0 aliphatic rings. The summed E-state index contributed by atoms with van der Waals surface area (Å²) in [5, 5.41) is 6.74. The second-order valence-electron chi connectivity index (χ2n) is 4.64. The Bertz CT molecular complexity index is 778. The van der Waals surface area contributed by atoms with Crippen molar-refractivity contribution in [3.8, 4) is 11.3 Å². The van der Waals surface area contributed by atoms with Gasteiger partial charge in [-0.15, -0.1) is 0 Å². The third kappa shape index (κ3) is 1.79. The van der Waals surface area contributed by atoms with Gasteiger partial charge in [-0.3, -0.25) is 15.0 Å². The lowest BCUT2D eigenvalue weighted by Gasteiger charge is -2.02. The number of hydrogen-bond acceptors (Lipinski definition) is 2. The zero-order valence-corrected chi connectivity index (χ0v) is 10.7. The summed E-state index contributed by atoms with van der Waals surface area (Å²) in [7, 11) is 0. The summed E-state index contributed by atoms with van der Waals surface area (Å²) >= 11 is 0. The molecule has 0 aliphatic carbocycles. The van der Waals surface area contributed by atoms with E-state index < -0.39 is 0 Å². The first-order valence-electron chi connectivity index (χ1n) is 6.29. The summed E-state index contributed by atoms with van der Waals surface area (Å²) in [6.07, 6.45) is 0.563. The molecular formula is C14H16N4O. The van der Waals surface area contributed by atoms with Crippen LogP contribution in [-0.2, 0) is 6.42 Å². The first-order chi connectivity index (χ1) is 9.22. The standard InChI is InChI=1S/C14H16N4O/c1-8-12(9-4-2-3-5-11(9)16-8)13-10(6-7-15)14(19)18-17-13/h2-5,16H,6-7,15H2,1H3,(H2,17,18,19). The highest BCUT2D eigenvalue weighted by atomic mass is 16.1. The molecule has 0 unspecified atom stereocenters. The Balaban J connectivity index is 2.30. The van der Waals surface area contributed by atoms with Crippen molar-refractivity contribution in [1.29, 1.82) is 0 Å². The minimum atomic E-state index is -0.0925. The van der Waals surface area contributed by atoms with Crippen LogP contribution in [0.4, 0.5) is 0 Å².